The summed E-state index contributed by atoms with van der Waals surface area (Å²) in [6.45, 7) is 5.35. The van der Waals surface area contributed by atoms with Crippen LogP contribution in [0.15, 0.2) is 59.5 Å². The van der Waals surface area contributed by atoms with Gasteiger partial charge in [0, 0.05) is 16.8 Å². The minimum atomic E-state index is -3.90. The van der Waals surface area contributed by atoms with Crippen LogP contribution in [-0.4, -0.2) is 34.6 Å². The molecule has 0 spiro atoms. The van der Waals surface area contributed by atoms with Gasteiger partial charge in [0.1, 0.15) is 17.2 Å². The number of nitrogens with one attached hydrogen (secondary N) is 2. The molecule has 0 saturated carbocycles. The summed E-state index contributed by atoms with van der Waals surface area (Å²) < 4.78 is 44.3. The molecule has 10 heteroatoms. The third-order valence-electron chi connectivity index (χ3n) is 5.18. The number of carbonyl (C=O) groups is 1. The van der Waals surface area contributed by atoms with Crippen LogP contribution in [0.3, 0.4) is 0 Å². The van der Waals surface area contributed by atoms with Gasteiger partial charge in [-0.2, -0.15) is 0 Å². The molecular weight excluding hydrogens is 492 g/mol. The molecule has 3 aromatic rings. The fraction of sp³-hybridized carbons (Fsp3) is 0.240. The number of hydrogen-bond donors (Lipinski definition) is 2. The highest BCUT2D eigenvalue weighted by Crippen LogP contribution is 2.31. The Hall–Kier alpha value is -3.43. The van der Waals surface area contributed by atoms with Crippen LogP contribution in [-0.2, 0) is 14.8 Å². The quantitative estimate of drug-likeness (QED) is 0.404. The third-order valence-corrected chi connectivity index (χ3v) is 7.15. The normalized spacial score (nSPS) is 11.9. The summed E-state index contributed by atoms with van der Waals surface area (Å²) in [5.41, 5.74) is 2.40. The van der Waals surface area contributed by atoms with Crippen LogP contribution in [0.5, 0.6) is 17.2 Å². The maximum absolute atomic E-state index is 12.8. The molecule has 0 heterocycles. The van der Waals surface area contributed by atoms with Crippen molar-refractivity contribution in [1.29, 1.82) is 0 Å². The first-order valence-corrected chi connectivity index (χ1v) is 12.5. The van der Waals surface area contributed by atoms with Gasteiger partial charge in [-0.15, -0.1) is 0 Å². The molecule has 0 radical (unpaired) electrons. The number of halogens is 1. The Kier molecular flexibility index (Phi) is 8.14. The van der Waals surface area contributed by atoms with Crippen molar-refractivity contribution in [2.75, 3.05) is 24.3 Å². The van der Waals surface area contributed by atoms with Crippen molar-refractivity contribution in [2.24, 2.45) is 0 Å². The van der Waals surface area contributed by atoms with E-state index in [9.17, 15) is 13.2 Å². The highest BCUT2D eigenvalue weighted by atomic mass is 35.5. The van der Waals surface area contributed by atoms with Crippen LogP contribution in [0.4, 0.5) is 11.4 Å². The number of aryl methyl sites for hydroxylation is 2. The molecule has 0 unspecified atom stereocenters. The molecule has 0 aliphatic heterocycles. The van der Waals surface area contributed by atoms with Gasteiger partial charge in [-0.1, -0.05) is 11.6 Å². The minimum absolute atomic E-state index is 0.0183. The molecule has 186 valence electrons. The van der Waals surface area contributed by atoms with Crippen molar-refractivity contribution in [2.45, 2.75) is 31.8 Å². The highest BCUT2D eigenvalue weighted by molar-refractivity contribution is 7.92. The molecule has 0 aliphatic carbocycles. The number of amides is 1. The number of anilines is 2. The zero-order valence-electron chi connectivity index (χ0n) is 20.0. The molecule has 3 rings (SSSR count). The number of sulfonamides is 1. The summed E-state index contributed by atoms with van der Waals surface area (Å²) in [4.78, 5) is 12.6. The van der Waals surface area contributed by atoms with Gasteiger partial charge in [-0.3, -0.25) is 9.52 Å². The van der Waals surface area contributed by atoms with Crippen molar-refractivity contribution < 1.29 is 27.4 Å². The van der Waals surface area contributed by atoms with Crippen LogP contribution >= 0.6 is 11.6 Å². The number of rotatable bonds is 9. The molecule has 2 N–H and O–H groups in total. The summed E-state index contributed by atoms with van der Waals surface area (Å²) in [5.74, 6) is 1.00. The second-order valence-corrected chi connectivity index (χ2v) is 9.88. The lowest BCUT2D eigenvalue weighted by molar-refractivity contribution is -0.122. The number of carbonyl (C=O) groups excluding carboxylic acids is 1. The van der Waals surface area contributed by atoms with Crippen LogP contribution in [0, 0.1) is 13.8 Å². The van der Waals surface area contributed by atoms with Gasteiger partial charge in [0.15, 0.2) is 6.10 Å². The van der Waals surface area contributed by atoms with Crippen LogP contribution in [0.25, 0.3) is 0 Å². The summed E-state index contributed by atoms with van der Waals surface area (Å²) >= 11 is 6.18. The van der Waals surface area contributed by atoms with Crippen molar-refractivity contribution in [1.82, 2.24) is 0 Å². The van der Waals surface area contributed by atoms with E-state index in [4.69, 9.17) is 25.8 Å². The average Bonchev–Trinajstić information content (AvgIpc) is 2.82. The zero-order chi connectivity index (χ0) is 25.8. The fourth-order valence-electron chi connectivity index (χ4n) is 3.28. The summed E-state index contributed by atoms with van der Waals surface area (Å²) in [6.07, 6.45) is -0.789. The minimum Gasteiger partial charge on any atom is -0.497 e. The van der Waals surface area contributed by atoms with Crippen LogP contribution in [0.1, 0.15) is 18.1 Å². The Balaban J connectivity index is 1.67. The lowest BCUT2D eigenvalue weighted by atomic mass is 10.1. The lowest BCUT2D eigenvalue weighted by Crippen LogP contribution is -2.30. The van der Waals surface area contributed by atoms with E-state index in [0.29, 0.717) is 28.0 Å². The Morgan fingerprint density at radius 3 is 2.11 bits per heavy atom. The second-order valence-electron chi connectivity index (χ2n) is 7.82. The number of hydrogen-bond acceptors (Lipinski definition) is 6. The molecule has 8 nitrogen and oxygen atoms in total. The van der Waals surface area contributed by atoms with Gasteiger partial charge in [0.05, 0.1) is 24.8 Å². The number of methoxy groups -OCH3 is 2. The zero-order valence-corrected chi connectivity index (χ0v) is 21.6. The SMILES string of the molecule is COc1ccc(NS(=O)(=O)c2ccc(NC(=O)[C@H](C)Oc3cc(C)c(Cl)c(C)c3)cc2)c(OC)c1. The lowest BCUT2D eigenvalue weighted by Gasteiger charge is -2.16. The Bertz CT molecular complexity index is 1300. The molecule has 0 fully saturated rings. The smallest absolute Gasteiger partial charge is 0.265 e. The van der Waals surface area contributed by atoms with Crippen molar-refractivity contribution in [3.63, 3.8) is 0 Å². The maximum Gasteiger partial charge on any atom is 0.265 e. The van der Waals surface area contributed by atoms with Crippen LogP contribution < -0.4 is 24.2 Å². The van der Waals surface area contributed by atoms with E-state index >= 15 is 0 Å². The number of ether oxygens (including phenoxy) is 3. The van der Waals surface area contributed by atoms with E-state index in [1.54, 1.807) is 37.3 Å². The predicted molar refractivity (Wildman–Crippen MR) is 136 cm³/mol. The molecule has 0 aliphatic rings. The molecule has 0 bridgehead atoms. The van der Waals surface area contributed by atoms with Gasteiger partial charge in [-0.25, -0.2) is 8.42 Å². The van der Waals surface area contributed by atoms with Gasteiger partial charge < -0.3 is 19.5 Å². The van der Waals surface area contributed by atoms with E-state index < -0.39 is 16.1 Å². The van der Waals surface area contributed by atoms with Crippen molar-refractivity contribution in [3.8, 4) is 17.2 Å². The highest BCUT2D eigenvalue weighted by Gasteiger charge is 2.19. The maximum atomic E-state index is 12.8. The average molecular weight is 519 g/mol. The van der Waals surface area contributed by atoms with Crippen molar-refractivity contribution >= 4 is 38.9 Å². The van der Waals surface area contributed by atoms with Gasteiger partial charge in [0.25, 0.3) is 15.9 Å². The summed E-state index contributed by atoms with van der Waals surface area (Å²) in [5, 5.41) is 3.38. The first kappa shape index (κ1) is 26.2. The van der Waals surface area contributed by atoms with Crippen molar-refractivity contribution in [3.05, 3.63) is 70.7 Å². The standard InChI is InChI=1S/C25H27ClN2O6S/c1-15-12-20(13-16(2)24(15)26)34-17(3)25(29)27-18-6-9-21(10-7-18)35(30,31)28-22-11-8-19(32-4)14-23(22)33-5/h6-14,17,28H,1-5H3,(H,27,29)/t17-/m0/s1. The first-order chi connectivity index (χ1) is 16.5. The molecule has 35 heavy (non-hydrogen) atoms. The largest absolute Gasteiger partial charge is 0.497 e. The van der Waals surface area contributed by atoms with E-state index in [-0.39, 0.29) is 16.5 Å². The first-order valence-electron chi connectivity index (χ1n) is 10.6. The Morgan fingerprint density at radius 2 is 1.54 bits per heavy atom. The monoisotopic (exact) mass is 518 g/mol. The molecule has 1 amide bonds. The van der Waals surface area contributed by atoms with Crippen LogP contribution in [0.2, 0.25) is 5.02 Å². The molecule has 3 aromatic carbocycles. The number of benzene rings is 3. The topological polar surface area (TPSA) is 103 Å². The third kappa shape index (κ3) is 6.37. The van der Waals surface area contributed by atoms with Gasteiger partial charge in [0.2, 0.25) is 0 Å². The Morgan fingerprint density at radius 1 is 0.914 bits per heavy atom. The van der Waals surface area contributed by atoms with Gasteiger partial charge in [-0.05, 0) is 80.4 Å². The second kappa shape index (κ2) is 10.9. The summed E-state index contributed by atoms with van der Waals surface area (Å²) in [7, 11) is -0.959. The Labute approximate surface area is 210 Å². The molecule has 0 saturated heterocycles. The molecule has 0 aromatic heterocycles. The van der Waals surface area contributed by atoms with E-state index in [1.807, 2.05) is 13.8 Å². The fourth-order valence-corrected chi connectivity index (χ4v) is 4.46. The van der Waals surface area contributed by atoms with E-state index in [1.165, 1.54) is 38.5 Å². The van der Waals surface area contributed by atoms with E-state index in [0.717, 1.165) is 11.1 Å². The molecular formula is C25H27ClN2O6S. The van der Waals surface area contributed by atoms with Gasteiger partial charge >= 0.3 is 0 Å². The van der Waals surface area contributed by atoms with E-state index in [2.05, 4.69) is 10.0 Å². The summed E-state index contributed by atoms with van der Waals surface area (Å²) in [6, 6.07) is 14.1. The predicted octanol–water partition coefficient (Wildman–Crippen LogP) is 5.18. The molecule has 1 atom stereocenters.